The van der Waals surface area contributed by atoms with Gasteiger partial charge in [-0.05, 0) is 42.1 Å². The molecule has 8 heteroatoms. The van der Waals surface area contributed by atoms with Gasteiger partial charge in [0.25, 0.3) is 5.91 Å². The average molecular weight is 423 g/mol. The summed E-state index contributed by atoms with van der Waals surface area (Å²) < 4.78 is 10.3. The Kier molecular flexibility index (Phi) is 6.95. The zero-order valence-electron chi connectivity index (χ0n) is 15.0. The second kappa shape index (κ2) is 9.41. The minimum atomic E-state index is -0.168. The number of nitrogens with zero attached hydrogens (tertiary/aromatic N) is 2. The number of hydrogen-bond donors (Lipinski definition) is 0. The van der Waals surface area contributed by atoms with Gasteiger partial charge in [0.05, 0.1) is 17.8 Å². The summed E-state index contributed by atoms with van der Waals surface area (Å²) in [6.45, 7) is 0.667. The number of amides is 1. The lowest BCUT2D eigenvalue weighted by molar-refractivity contribution is -0.113. The molecule has 27 heavy (non-hydrogen) atoms. The third kappa shape index (κ3) is 4.73. The maximum Gasteiger partial charge on any atom is 0.283 e. The highest BCUT2D eigenvalue weighted by molar-refractivity contribution is 8.14. The van der Waals surface area contributed by atoms with Crippen LogP contribution in [0.5, 0.6) is 5.75 Å². The first-order valence-electron chi connectivity index (χ1n) is 8.27. The number of carbonyl (C=O) groups is 1. The second-order valence-corrected chi connectivity index (χ2v) is 8.04. The van der Waals surface area contributed by atoms with E-state index in [2.05, 4.69) is 4.99 Å². The van der Waals surface area contributed by atoms with Crippen molar-refractivity contribution < 1.29 is 14.3 Å². The molecule has 0 spiro atoms. The molecule has 2 aromatic rings. The zero-order valence-corrected chi connectivity index (χ0v) is 17.4. The Morgan fingerprint density at radius 1 is 1.33 bits per heavy atom. The lowest BCUT2D eigenvalue weighted by Crippen LogP contribution is -2.30. The van der Waals surface area contributed by atoms with Gasteiger partial charge in [-0.2, -0.15) is 0 Å². The number of carbonyl (C=O) groups excluding carboxylic acids is 1. The van der Waals surface area contributed by atoms with E-state index in [0.717, 1.165) is 17.1 Å². The van der Waals surface area contributed by atoms with Crippen molar-refractivity contribution in [2.45, 2.75) is 6.42 Å². The van der Waals surface area contributed by atoms with Crippen molar-refractivity contribution in [3.05, 3.63) is 51.3 Å². The first-order chi connectivity index (χ1) is 13.1. The molecule has 1 amide bonds. The normalized spacial score (nSPS) is 15.5. The Morgan fingerprint density at radius 2 is 2.19 bits per heavy atom. The third-order valence-electron chi connectivity index (χ3n) is 3.77. The molecule has 2 heterocycles. The summed E-state index contributed by atoms with van der Waals surface area (Å²) in [7, 11) is 3.23. The van der Waals surface area contributed by atoms with Crippen molar-refractivity contribution in [3.8, 4) is 5.75 Å². The summed E-state index contributed by atoms with van der Waals surface area (Å²) in [5.41, 5.74) is 1.08. The summed E-state index contributed by atoms with van der Waals surface area (Å²) in [6.07, 6.45) is 2.68. The number of methoxy groups -OCH3 is 2. The van der Waals surface area contributed by atoms with Crippen LogP contribution in [0.4, 0.5) is 5.69 Å². The summed E-state index contributed by atoms with van der Waals surface area (Å²) in [4.78, 5) is 20.2. The van der Waals surface area contributed by atoms with Gasteiger partial charge in [0.1, 0.15) is 11.4 Å². The Labute approximate surface area is 171 Å². The third-order valence-corrected chi connectivity index (χ3v) is 5.91. The van der Waals surface area contributed by atoms with Crippen LogP contribution in [-0.4, -0.2) is 37.7 Å². The van der Waals surface area contributed by atoms with E-state index in [1.54, 1.807) is 42.6 Å². The van der Waals surface area contributed by atoms with Gasteiger partial charge in [-0.15, -0.1) is 11.3 Å². The van der Waals surface area contributed by atoms with Crippen LogP contribution < -0.4 is 9.64 Å². The zero-order chi connectivity index (χ0) is 19.2. The SMILES string of the molecule is COCCCSC1=N/C(=C\c2cccs2)C(=O)N1c1ccc(OC)c(Cl)c1. The van der Waals surface area contributed by atoms with Crippen molar-refractivity contribution in [1.29, 1.82) is 0 Å². The highest BCUT2D eigenvalue weighted by Crippen LogP contribution is 2.34. The van der Waals surface area contributed by atoms with E-state index in [4.69, 9.17) is 21.1 Å². The Bertz CT molecular complexity index is 866. The Morgan fingerprint density at radius 3 is 2.85 bits per heavy atom. The standard InChI is InChI=1S/C19H19ClN2O3S2/c1-24-8-4-10-27-19-21-16(12-14-5-3-9-26-14)18(23)22(19)13-6-7-17(25-2)15(20)11-13/h3,5-7,9,11-12H,4,8,10H2,1-2H3/b16-12-. The van der Waals surface area contributed by atoms with Crippen LogP contribution in [-0.2, 0) is 9.53 Å². The van der Waals surface area contributed by atoms with Gasteiger partial charge in [-0.1, -0.05) is 29.4 Å². The number of ether oxygens (including phenoxy) is 2. The molecular weight excluding hydrogens is 404 g/mol. The van der Waals surface area contributed by atoms with E-state index in [-0.39, 0.29) is 5.91 Å². The van der Waals surface area contributed by atoms with Gasteiger partial charge >= 0.3 is 0 Å². The number of amidine groups is 1. The molecule has 1 aliphatic rings. The van der Waals surface area contributed by atoms with Crippen molar-refractivity contribution in [2.24, 2.45) is 4.99 Å². The van der Waals surface area contributed by atoms with Crippen LogP contribution in [0.3, 0.4) is 0 Å². The van der Waals surface area contributed by atoms with Gasteiger partial charge in [0.15, 0.2) is 5.17 Å². The molecular formula is C19H19ClN2O3S2. The van der Waals surface area contributed by atoms with Gasteiger partial charge in [0.2, 0.25) is 0 Å². The largest absolute Gasteiger partial charge is 0.495 e. The lowest BCUT2D eigenvalue weighted by atomic mass is 10.2. The van der Waals surface area contributed by atoms with E-state index >= 15 is 0 Å². The number of anilines is 1. The monoisotopic (exact) mass is 422 g/mol. The molecule has 1 aromatic heterocycles. The Hall–Kier alpha value is -1.80. The van der Waals surface area contributed by atoms with Crippen LogP contribution in [0.2, 0.25) is 5.02 Å². The van der Waals surface area contributed by atoms with E-state index in [9.17, 15) is 4.79 Å². The molecule has 0 aliphatic carbocycles. The van der Waals surface area contributed by atoms with E-state index < -0.39 is 0 Å². The Balaban J connectivity index is 1.90. The quantitative estimate of drug-likeness (QED) is 0.469. The highest BCUT2D eigenvalue weighted by Gasteiger charge is 2.32. The molecule has 0 radical (unpaired) electrons. The average Bonchev–Trinajstić information content (AvgIpc) is 3.27. The molecule has 0 atom stereocenters. The van der Waals surface area contributed by atoms with Crippen molar-refractivity contribution in [3.63, 3.8) is 0 Å². The molecule has 1 aromatic carbocycles. The van der Waals surface area contributed by atoms with Gasteiger partial charge in [0, 0.05) is 24.3 Å². The predicted molar refractivity (Wildman–Crippen MR) is 114 cm³/mol. The summed E-state index contributed by atoms with van der Waals surface area (Å²) in [5.74, 6) is 1.19. The fourth-order valence-corrected chi connectivity index (χ4v) is 4.32. The molecule has 0 saturated heterocycles. The number of rotatable bonds is 7. The van der Waals surface area contributed by atoms with Crippen LogP contribution in [0.1, 0.15) is 11.3 Å². The molecule has 0 N–H and O–H groups in total. The number of thioether (sulfide) groups is 1. The molecule has 0 unspecified atom stereocenters. The minimum Gasteiger partial charge on any atom is -0.495 e. The number of hydrogen-bond acceptors (Lipinski definition) is 6. The number of thiophene rings is 1. The fraction of sp³-hybridized carbons (Fsp3) is 0.263. The highest BCUT2D eigenvalue weighted by atomic mass is 35.5. The summed E-state index contributed by atoms with van der Waals surface area (Å²) in [5, 5.41) is 3.05. The van der Waals surface area contributed by atoms with Crippen LogP contribution >= 0.6 is 34.7 Å². The second-order valence-electron chi connectivity index (χ2n) is 5.59. The molecule has 142 valence electrons. The van der Waals surface area contributed by atoms with Crippen molar-refractivity contribution >= 4 is 57.5 Å². The van der Waals surface area contributed by atoms with Gasteiger partial charge in [-0.3, -0.25) is 9.69 Å². The lowest BCUT2D eigenvalue weighted by Gasteiger charge is -2.18. The van der Waals surface area contributed by atoms with E-state index in [1.807, 2.05) is 29.7 Å². The number of aliphatic imine (C=N–C) groups is 1. The molecule has 0 fully saturated rings. The smallest absolute Gasteiger partial charge is 0.283 e. The predicted octanol–water partition coefficient (Wildman–Crippen LogP) is 4.92. The molecule has 0 bridgehead atoms. The van der Waals surface area contributed by atoms with Crippen molar-refractivity contribution in [2.75, 3.05) is 31.5 Å². The maximum absolute atomic E-state index is 13.0. The number of benzene rings is 1. The molecule has 5 nitrogen and oxygen atoms in total. The molecule has 3 rings (SSSR count). The summed E-state index contributed by atoms with van der Waals surface area (Å²) in [6, 6.07) is 9.18. The minimum absolute atomic E-state index is 0.168. The summed E-state index contributed by atoms with van der Waals surface area (Å²) >= 11 is 9.35. The molecule has 0 saturated carbocycles. The van der Waals surface area contributed by atoms with Crippen LogP contribution in [0.25, 0.3) is 6.08 Å². The maximum atomic E-state index is 13.0. The first kappa shape index (κ1) is 19.9. The van der Waals surface area contributed by atoms with Crippen molar-refractivity contribution in [1.82, 2.24) is 0 Å². The van der Waals surface area contributed by atoms with Gasteiger partial charge < -0.3 is 9.47 Å². The van der Waals surface area contributed by atoms with Crippen LogP contribution in [0, 0.1) is 0 Å². The fourth-order valence-electron chi connectivity index (χ4n) is 2.49. The van der Waals surface area contributed by atoms with Gasteiger partial charge in [-0.25, -0.2) is 4.99 Å². The van der Waals surface area contributed by atoms with Crippen LogP contribution in [0.15, 0.2) is 46.4 Å². The topological polar surface area (TPSA) is 51.1 Å². The molecule has 1 aliphatic heterocycles. The van der Waals surface area contributed by atoms with E-state index in [0.29, 0.717) is 33.9 Å². The van der Waals surface area contributed by atoms with E-state index in [1.165, 1.54) is 11.8 Å². The first-order valence-corrected chi connectivity index (χ1v) is 10.5. The number of halogens is 1.